The molecule has 0 atom stereocenters. The van der Waals surface area contributed by atoms with E-state index in [4.69, 9.17) is 18.9 Å². The zero-order valence-electron chi connectivity index (χ0n) is 20.1. The summed E-state index contributed by atoms with van der Waals surface area (Å²) in [5.74, 6) is -1.22. The van der Waals surface area contributed by atoms with Crippen LogP contribution in [0.5, 0.6) is 23.0 Å². The number of benzene rings is 3. The Morgan fingerprint density at radius 2 is 1.00 bits per heavy atom. The lowest BCUT2D eigenvalue weighted by Gasteiger charge is -2.10. The highest BCUT2D eigenvalue weighted by Crippen LogP contribution is 2.31. The maximum absolute atomic E-state index is 11.7. The highest BCUT2D eigenvalue weighted by molar-refractivity contribution is 5.86. The van der Waals surface area contributed by atoms with Gasteiger partial charge in [-0.15, -0.1) is 0 Å². The number of carbonyl (C=O) groups is 4. The lowest BCUT2D eigenvalue weighted by atomic mass is 10.0. The van der Waals surface area contributed by atoms with Gasteiger partial charge in [0.25, 0.3) is 6.47 Å². The molecule has 0 saturated heterocycles. The van der Waals surface area contributed by atoms with Gasteiger partial charge in [0.2, 0.25) is 0 Å². The summed E-state index contributed by atoms with van der Waals surface area (Å²) in [6, 6.07) is 16.6. The van der Waals surface area contributed by atoms with Gasteiger partial charge in [0.1, 0.15) is 23.0 Å². The van der Waals surface area contributed by atoms with Crippen LogP contribution >= 0.6 is 0 Å². The molecule has 38 heavy (non-hydrogen) atoms. The standard InChI is InChI=1S/C30H22O8/c1-4-28(32)36-25-14-21(13-24(17-25)35-19-31)8-7-20-9-11-22(12-10-20)23-15-26(37-29(33)5-2)18-27(16-23)38-30(34)6-3/h4-19H,1-3H2/b8-7+. The molecule has 0 spiro atoms. The van der Waals surface area contributed by atoms with Crippen LogP contribution in [0, 0.1) is 0 Å². The maximum Gasteiger partial charge on any atom is 0.335 e. The SMILES string of the molecule is C=CC(=O)Oc1cc(/C=C/c2ccc(-c3cc(OC(=O)C=C)cc(OC(=O)C=C)c3)cc2)cc(OC=O)c1. The van der Waals surface area contributed by atoms with E-state index in [9.17, 15) is 19.2 Å². The molecule has 0 aromatic heterocycles. The van der Waals surface area contributed by atoms with Crippen molar-refractivity contribution in [1.82, 2.24) is 0 Å². The van der Waals surface area contributed by atoms with Gasteiger partial charge in [-0.1, -0.05) is 56.2 Å². The molecule has 0 unspecified atom stereocenters. The van der Waals surface area contributed by atoms with E-state index >= 15 is 0 Å². The first kappa shape index (κ1) is 27.1. The summed E-state index contributed by atoms with van der Waals surface area (Å²) >= 11 is 0. The first-order chi connectivity index (χ1) is 18.3. The molecule has 190 valence electrons. The summed E-state index contributed by atoms with van der Waals surface area (Å²) in [6.45, 7) is 10.4. The molecule has 0 amide bonds. The topological polar surface area (TPSA) is 105 Å². The molecule has 0 bridgehead atoms. The third kappa shape index (κ3) is 7.76. The van der Waals surface area contributed by atoms with Gasteiger partial charge in [-0.05, 0) is 46.5 Å². The molecule has 8 heteroatoms. The van der Waals surface area contributed by atoms with Crippen LogP contribution in [0.15, 0.2) is 98.6 Å². The number of hydrogen-bond acceptors (Lipinski definition) is 8. The van der Waals surface area contributed by atoms with Crippen molar-refractivity contribution >= 4 is 36.5 Å². The molecule has 0 heterocycles. The Morgan fingerprint density at radius 1 is 0.553 bits per heavy atom. The Bertz CT molecular complexity index is 1390. The highest BCUT2D eigenvalue weighted by Gasteiger charge is 2.10. The smallest absolute Gasteiger partial charge is 0.335 e. The summed E-state index contributed by atoms with van der Waals surface area (Å²) < 4.78 is 20.4. The van der Waals surface area contributed by atoms with Crippen LogP contribution in [0.4, 0.5) is 0 Å². The van der Waals surface area contributed by atoms with E-state index in [1.165, 1.54) is 12.1 Å². The van der Waals surface area contributed by atoms with E-state index in [1.807, 2.05) is 30.3 Å². The predicted octanol–water partition coefficient (Wildman–Crippen LogP) is 5.33. The average molecular weight is 510 g/mol. The molecule has 0 saturated carbocycles. The van der Waals surface area contributed by atoms with Crippen molar-refractivity contribution in [1.29, 1.82) is 0 Å². The van der Waals surface area contributed by atoms with E-state index in [2.05, 4.69) is 19.7 Å². The molecule has 0 N–H and O–H groups in total. The molecular weight excluding hydrogens is 488 g/mol. The molecule has 3 aromatic rings. The Kier molecular flexibility index (Phi) is 9.26. The van der Waals surface area contributed by atoms with Crippen LogP contribution in [0.2, 0.25) is 0 Å². The van der Waals surface area contributed by atoms with Crippen LogP contribution in [0.25, 0.3) is 23.3 Å². The Morgan fingerprint density at radius 3 is 1.50 bits per heavy atom. The summed E-state index contributed by atoms with van der Waals surface area (Å²) in [5, 5.41) is 0. The second kappa shape index (κ2) is 13.0. The van der Waals surface area contributed by atoms with Crippen LogP contribution < -0.4 is 18.9 Å². The third-order valence-corrected chi connectivity index (χ3v) is 4.83. The van der Waals surface area contributed by atoms with Crippen molar-refractivity contribution in [2.45, 2.75) is 0 Å². The first-order valence-electron chi connectivity index (χ1n) is 11.0. The molecule has 0 fully saturated rings. The lowest BCUT2D eigenvalue weighted by molar-refractivity contribution is -0.130. The zero-order valence-corrected chi connectivity index (χ0v) is 20.1. The van der Waals surface area contributed by atoms with Gasteiger partial charge in [-0.2, -0.15) is 0 Å². The van der Waals surface area contributed by atoms with Crippen LogP contribution in [0.1, 0.15) is 11.1 Å². The molecule has 3 aromatic carbocycles. The minimum Gasteiger partial charge on any atom is -0.429 e. The molecule has 0 aliphatic heterocycles. The summed E-state index contributed by atoms with van der Waals surface area (Å²) in [6.07, 6.45) is 6.63. The monoisotopic (exact) mass is 510 g/mol. The zero-order chi connectivity index (χ0) is 27.5. The Balaban J connectivity index is 1.87. The number of hydrogen-bond donors (Lipinski definition) is 0. The molecule has 8 nitrogen and oxygen atoms in total. The second-order valence-corrected chi connectivity index (χ2v) is 7.48. The van der Waals surface area contributed by atoms with Crippen molar-refractivity contribution in [3.8, 4) is 34.1 Å². The Labute approximate surface area is 218 Å². The molecular formula is C30H22O8. The summed E-state index contributed by atoms with van der Waals surface area (Å²) in [7, 11) is 0. The third-order valence-electron chi connectivity index (χ3n) is 4.83. The summed E-state index contributed by atoms with van der Waals surface area (Å²) in [5.41, 5.74) is 2.84. The predicted molar refractivity (Wildman–Crippen MR) is 141 cm³/mol. The fourth-order valence-corrected chi connectivity index (χ4v) is 3.18. The highest BCUT2D eigenvalue weighted by atomic mass is 16.5. The average Bonchev–Trinajstić information content (AvgIpc) is 2.91. The molecule has 0 radical (unpaired) electrons. The lowest BCUT2D eigenvalue weighted by Crippen LogP contribution is -2.06. The minimum absolute atomic E-state index is 0.175. The number of rotatable bonds is 11. The van der Waals surface area contributed by atoms with Gasteiger partial charge in [-0.25, -0.2) is 14.4 Å². The van der Waals surface area contributed by atoms with Gasteiger partial charge in [-0.3, -0.25) is 4.79 Å². The van der Waals surface area contributed by atoms with Crippen molar-refractivity contribution in [3.63, 3.8) is 0 Å². The van der Waals surface area contributed by atoms with Crippen LogP contribution in [0.3, 0.4) is 0 Å². The number of carbonyl (C=O) groups excluding carboxylic acids is 4. The fraction of sp³-hybridized carbons (Fsp3) is 0. The minimum atomic E-state index is -0.659. The second-order valence-electron chi connectivity index (χ2n) is 7.48. The van der Waals surface area contributed by atoms with Gasteiger partial charge in [0, 0.05) is 30.4 Å². The van der Waals surface area contributed by atoms with Gasteiger partial charge >= 0.3 is 17.9 Å². The largest absolute Gasteiger partial charge is 0.429 e. The molecule has 0 aliphatic carbocycles. The summed E-state index contributed by atoms with van der Waals surface area (Å²) in [4.78, 5) is 45.6. The molecule has 3 rings (SSSR count). The van der Waals surface area contributed by atoms with Crippen LogP contribution in [-0.4, -0.2) is 24.4 Å². The van der Waals surface area contributed by atoms with Gasteiger partial charge < -0.3 is 18.9 Å². The fourth-order valence-electron chi connectivity index (χ4n) is 3.18. The van der Waals surface area contributed by atoms with E-state index in [0.717, 1.165) is 29.4 Å². The number of esters is 3. The van der Waals surface area contributed by atoms with Crippen molar-refractivity contribution in [2.24, 2.45) is 0 Å². The van der Waals surface area contributed by atoms with Crippen LogP contribution in [-0.2, 0) is 19.2 Å². The van der Waals surface area contributed by atoms with Crippen molar-refractivity contribution in [2.75, 3.05) is 0 Å². The van der Waals surface area contributed by atoms with E-state index < -0.39 is 17.9 Å². The maximum atomic E-state index is 11.7. The van der Waals surface area contributed by atoms with E-state index in [1.54, 1.807) is 30.3 Å². The van der Waals surface area contributed by atoms with E-state index in [0.29, 0.717) is 11.1 Å². The van der Waals surface area contributed by atoms with Crippen molar-refractivity contribution in [3.05, 3.63) is 110 Å². The normalized spacial score (nSPS) is 10.2. The molecule has 0 aliphatic rings. The van der Waals surface area contributed by atoms with Gasteiger partial charge in [0.15, 0.2) is 0 Å². The Hall–Kier alpha value is -5.50. The van der Waals surface area contributed by atoms with Gasteiger partial charge in [0.05, 0.1) is 0 Å². The van der Waals surface area contributed by atoms with E-state index in [-0.39, 0.29) is 29.5 Å². The first-order valence-corrected chi connectivity index (χ1v) is 11.0. The van der Waals surface area contributed by atoms with Crippen molar-refractivity contribution < 1.29 is 38.1 Å². The quantitative estimate of drug-likeness (QED) is 0.112. The number of ether oxygens (including phenoxy) is 4.